The van der Waals surface area contributed by atoms with Gasteiger partial charge < -0.3 is 15.1 Å². The molecule has 2 amide bonds. The topological polar surface area (TPSA) is 81.1 Å². The minimum absolute atomic E-state index is 0.0565. The number of benzene rings is 1. The predicted molar refractivity (Wildman–Crippen MR) is 69.6 cm³/mol. The molecule has 0 saturated heterocycles. The van der Waals surface area contributed by atoms with Gasteiger partial charge in [-0.05, 0) is 5.56 Å². The average Bonchev–Trinajstić information content (AvgIpc) is 2.39. The molecule has 6 heteroatoms. The Kier molecular flexibility index (Phi) is 5.32. The number of hydrogen-bond acceptors (Lipinski definition) is 3. The lowest BCUT2D eigenvalue weighted by atomic mass is 10.1. The Morgan fingerprint density at radius 2 is 1.79 bits per heavy atom. The zero-order chi connectivity index (χ0) is 14.4. The van der Waals surface area contributed by atoms with Crippen LogP contribution in [0, 0.1) is 0 Å². The molecule has 1 atom stereocenters. The lowest BCUT2D eigenvalue weighted by molar-refractivity contribution is -0.135. The summed E-state index contributed by atoms with van der Waals surface area (Å²) in [6, 6.07) is 7.85. The highest BCUT2D eigenvalue weighted by atomic mass is 16.4. The molecule has 0 unspecified atom stereocenters. The Morgan fingerprint density at radius 1 is 1.21 bits per heavy atom. The largest absolute Gasteiger partial charge is 0.465 e. The lowest BCUT2D eigenvalue weighted by Crippen LogP contribution is -2.50. The van der Waals surface area contributed by atoms with Crippen molar-refractivity contribution in [3.8, 4) is 0 Å². The molecule has 19 heavy (non-hydrogen) atoms. The van der Waals surface area contributed by atoms with Gasteiger partial charge in [0.2, 0.25) is 5.91 Å². The van der Waals surface area contributed by atoms with Crippen LogP contribution in [0.2, 0.25) is 0 Å². The molecule has 6 nitrogen and oxygen atoms in total. The molecule has 1 rings (SSSR count). The first-order valence-corrected chi connectivity index (χ1v) is 5.83. The molecule has 0 aromatic heterocycles. The number of aliphatic hydroxyl groups excluding tert-OH is 1. The molecule has 0 saturated carbocycles. The molecule has 0 aliphatic rings. The second-order valence-corrected chi connectivity index (χ2v) is 4.33. The molecule has 0 bridgehead atoms. The maximum Gasteiger partial charge on any atom is 0.408 e. The van der Waals surface area contributed by atoms with Gasteiger partial charge in [-0.15, -0.1) is 0 Å². The molecular formula is C13H18N2O4. The van der Waals surface area contributed by atoms with E-state index >= 15 is 0 Å². The number of hydrogen-bond donors (Lipinski definition) is 2. The summed E-state index contributed by atoms with van der Waals surface area (Å²) in [5.41, 5.74) is 0.759. The van der Waals surface area contributed by atoms with Gasteiger partial charge >= 0.3 is 6.09 Å². The van der Waals surface area contributed by atoms with Gasteiger partial charge in [-0.2, -0.15) is 0 Å². The Balaban J connectivity index is 2.93. The van der Waals surface area contributed by atoms with E-state index in [0.717, 1.165) is 10.5 Å². The Labute approximate surface area is 111 Å². The molecule has 0 radical (unpaired) electrons. The van der Waals surface area contributed by atoms with E-state index in [1.54, 1.807) is 24.3 Å². The third-order valence-electron chi connectivity index (χ3n) is 2.72. The zero-order valence-corrected chi connectivity index (χ0v) is 11.0. The van der Waals surface area contributed by atoms with Gasteiger partial charge in [0, 0.05) is 20.6 Å². The monoisotopic (exact) mass is 266 g/mol. The fourth-order valence-electron chi connectivity index (χ4n) is 1.70. The van der Waals surface area contributed by atoms with Crippen molar-refractivity contribution in [3.63, 3.8) is 0 Å². The standard InChI is InChI=1S/C13H18N2O4/c1-14(2)12(17)11(9-16)15(13(18)19)8-10-6-4-3-5-7-10/h3-7,11,16H,8-9H2,1-2H3,(H,18,19)/t11-/m0/s1. The molecule has 1 aromatic rings. The molecule has 0 aliphatic carbocycles. The van der Waals surface area contributed by atoms with Gasteiger partial charge in [0.25, 0.3) is 0 Å². The van der Waals surface area contributed by atoms with Gasteiger partial charge in [-0.3, -0.25) is 9.69 Å². The van der Waals surface area contributed by atoms with E-state index in [9.17, 15) is 19.8 Å². The zero-order valence-electron chi connectivity index (χ0n) is 11.0. The van der Waals surface area contributed by atoms with Crippen molar-refractivity contribution < 1.29 is 19.8 Å². The van der Waals surface area contributed by atoms with Crippen LogP contribution in [0.25, 0.3) is 0 Å². The summed E-state index contributed by atoms with van der Waals surface area (Å²) in [6.07, 6.45) is -1.24. The highest BCUT2D eigenvalue weighted by molar-refractivity contribution is 5.85. The van der Waals surface area contributed by atoms with Gasteiger partial charge in [-0.25, -0.2) is 4.79 Å². The quantitative estimate of drug-likeness (QED) is 0.818. The average molecular weight is 266 g/mol. The van der Waals surface area contributed by atoms with Crippen molar-refractivity contribution in [1.29, 1.82) is 0 Å². The van der Waals surface area contributed by atoms with E-state index in [1.807, 2.05) is 6.07 Å². The van der Waals surface area contributed by atoms with E-state index in [0.29, 0.717) is 0 Å². The van der Waals surface area contributed by atoms with Crippen molar-refractivity contribution in [1.82, 2.24) is 9.80 Å². The summed E-state index contributed by atoms with van der Waals surface area (Å²) in [7, 11) is 3.04. The summed E-state index contributed by atoms with van der Waals surface area (Å²) in [6.45, 7) is -0.489. The SMILES string of the molecule is CN(C)C(=O)[C@H](CO)N(Cc1ccccc1)C(=O)O. The predicted octanol–water partition coefficient (Wildman–Crippen LogP) is 0.616. The van der Waals surface area contributed by atoms with E-state index in [1.165, 1.54) is 19.0 Å². The van der Waals surface area contributed by atoms with Gasteiger partial charge in [0.05, 0.1) is 6.61 Å². The van der Waals surface area contributed by atoms with Crippen LogP contribution in [-0.2, 0) is 11.3 Å². The smallest absolute Gasteiger partial charge is 0.408 e. The second-order valence-electron chi connectivity index (χ2n) is 4.33. The lowest BCUT2D eigenvalue weighted by Gasteiger charge is -2.29. The van der Waals surface area contributed by atoms with Crippen LogP contribution in [0.5, 0.6) is 0 Å². The second kappa shape index (κ2) is 6.75. The summed E-state index contributed by atoms with van der Waals surface area (Å²) in [5, 5.41) is 18.5. The van der Waals surface area contributed by atoms with Gasteiger partial charge in [0.15, 0.2) is 0 Å². The Hall–Kier alpha value is -2.08. The normalized spacial score (nSPS) is 11.7. The summed E-state index contributed by atoms with van der Waals surface area (Å²) in [4.78, 5) is 25.4. The molecule has 0 heterocycles. The molecule has 104 valence electrons. The maximum atomic E-state index is 11.9. The summed E-state index contributed by atoms with van der Waals surface area (Å²) >= 11 is 0. The van der Waals surface area contributed by atoms with Crippen molar-refractivity contribution in [2.75, 3.05) is 20.7 Å². The van der Waals surface area contributed by atoms with Crippen LogP contribution in [0.4, 0.5) is 4.79 Å². The first-order chi connectivity index (χ1) is 8.97. The molecule has 0 aliphatic heterocycles. The van der Waals surface area contributed by atoms with Crippen molar-refractivity contribution >= 4 is 12.0 Å². The first kappa shape index (κ1) is 15.0. The number of nitrogens with zero attached hydrogens (tertiary/aromatic N) is 2. The number of carbonyl (C=O) groups excluding carboxylic acids is 1. The van der Waals surface area contributed by atoms with E-state index in [-0.39, 0.29) is 6.54 Å². The number of carboxylic acid groups (broad SMARTS) is 1. The minimum Gasteiger partial charge on any atom is -0.465 e. The minimum atomic E-state index is -1.24. The van der Waals surface area contributed by atoms with E-state index < -0.39 is 24.6 Å². The van der Waals surface area contributed by atoms with Crippen LogP contribution in [-0.4, -0.2) is 58.8 Å². The van der Waals surface area contributed by atoms with Crippen LogP contribution in [0.1, 0.15) is 5.56 Å². The fraction of sp³-hybridized carbons (Fsp3) is 0.385. The van der Waals surface area contributed by atoms with Gasteiger partial charge in [-0.1, -0.05) is 30.3 Å². The molecule has 1 aromatic carbocycles. The molecule has 0 spiro atoms. The number of aliphatic hydroxyl groups is 1. The summed E-state index contributed by atoms with van der Waals surface area (Å²) in [5.74, 6) is -0.444. The number of rotatable bonds is 5. The number of amides is 2. The first-order valence-electron chi connectivity index (χ1n) is 5.83. The highest BCUT2D eigenvalue weighted by Gasteiger charge is 2.30. The van der Waals surface area contributed by atoms with Crippen LogP contribution < -0.4 is 0 Å². The third-order valence-corrected chi connectivity index (χ3v) is 2.72. The third kappa shape index (κ3) is 3.96. The summed E-state index contributed by atoms with van der Waals surface area (Å²) < 4.78 is 0. The molecular weight excluding hydrogens is 248 g/mol. The number of carbonyl (C=O) groups is 2. The highest BCUT2D eigenvalue weighted by Crippen LogP contribution is 2.10. The molecule has 2 N–H and O–H groups in total. The van der Waals surface area contributed by atoms with Crippen LogP contribution in [0.3, 0.4) is 0 Å². The Morgan fingerprint density at radius 3 is 2.21 bits per heavy atom. The fourth-order valence-corrected chi connectivity index (χ4v) is 1.70. The van der Waals surface area contributed by atoms with Crippen LogP contribution in [0.15, 0.2) is 30.3 Å². The van der Waals surface area contributed by atoms with E-state index in [4.69, 9.17) is 0 Å². The van der Waals surface area contributed by atoms with Crippen LogP contribution >= 0.6 is 0 Å². The van der Waals surface area contributed by atoms with Crippen molar-refractivity contribution in [2.24, 2.45) is 0 Å². The van der Waals surface area contributed by atoms with Gasteiger partial charge in [0.1, 0.15) is 6.04 Å². The van der Waals surface area contributed by atoms with E-state index in [2.05, 4.69) is 0 Å². The number of likely N-dealkylation sites (N-methyl/N-ethyl adjacent to an activating group) is 1. The van der Waals surface area contributed by atoms with Crippen molar-refractivity contribution in [2.45, 2.75) is 12.6 Å². The maximum absolute atomic E-state index is 11.9. The molecule has 0 fully saturated rings. The Bertz CT molecular complexity index is 434. The van der Waals surface area contributed by atoms with Crippen molar-refractivity contribution in [3.05, 3.63) is 35.9 Å².